The molecular formula is C11H10Cl2MgO4. The Morgan fingerprint density at radius 1 is 1.39 bits per heavy atom. The molecule has 0 bridgehead atoms. The number of benzene rings is 1. The van der Waals surface area contributed by atoms with E-state index in [0.717, 1.165) is 6.08 Å². The molecule has 18 heavy (non-hydrogen) atoms. The van der Waals surface area contributed by atoms with Gasteiger partial charge < -0.3 is 12.3 Å². The molecular weight excluding hydrogens is 291 g/mol. The first-order valence-corrected chi connectivity index (χ1v) is 5.23. The number of hydrogen-bond donors (Lipinski definition) is 0. The monoisotopic (exact) mass is 300 g/mol. The van der Waals surface area contributed by atoms with Crippen molar-refractivity contribution in [3.8, 4) is 5.75 Å². The summed E-state index contributed by atoms with van der Waals surface area (Å²) in [7, 11) is 0. The van der Waals surface area contributed by atoms with Crippen molar-refractivity contribution in [1.82, 2.24) is 0 Å². The van der Waals surface area contributed by atoms with E-state index in [-0.39, 0.29) is 36.7 Å². The van der Waals surface area contributed by atoms with E-state index < -0.39 is 18.5 Å². The fourth-order valence-corrected chi connectivity index (χ4v) is 1.38. The molecule has 0 radical (unpaired) electrons. The van der Waals surface area contributed by atoms with Gasteiger partial charge in [-0.2, -0.15) is 0 Å². The number of rotatable bonds is 4. The summed E-state index contributed by atoms with van der Waals surface area (Å²) in [5, 5.41) is 0.715. The second kappa shape index (κ2) is 8.37. The molecule has 94 valence electrons. The van der Waals surface area contributed by atoms with Crippen LogP contribution in [-0.2, 0) is 14.3 Å². The summed E-state index contributed by atoms with van der Waals surface area (Å²) in [4.78, 5) is 21.8. The molecule has 0 amide bonds. The number of carbonyl (C=O) groups is 2. The summed E-state index contributed by atoms with van der Waals surface area (Å²) in [6.45, 7) is 2.72. The molecule has 1 aromatic rings. The SMILES string of the molecule is C=CC(=O)OC(=O)COc1ccc(Cl)cc1Cl.[H-].[H-].[Mg+2]. The quantitative estimate of drug-likeness (QED) is 0.371. The van der Waals surface area contributed by atoms with Crippen LogP contribution in [0.2, 0.25) is 10.0 Å². The van der Waals surface area contributed by atoms with Crippen LogP contribution in [0.3, 0.4) is 0 Å². The third-order valence-corrected chi connectivity index (χ3v) is 2.15. The van der Waals surface area contributed by atoms with Crippen LogP contribution in [0.25, 0.3) is 0 Å². The van der Waals surface area contributed by atoms with Gasteiger partial charge in [0.15, 0.2) is 6.61 Å². The van der Waals surface area contributed by atoms with Crippen LogP contribution in [0, 0.1) is 0 Å². The van der Waals surface area contributed by atoms with E-state index in [1.165, 1.54) is 12.1 Å². The van der Waals surface area contributed by atoms with Crippen LogP contribution < -0.4 is 4.74 Å². The van der Waals surface area contributed by atoms with E-state index in [2.05, 4.69) is 11.3 Å². The summed E-state index contributed by atoms with van der Waals surface area (Å²) >= 11 is 11.5. The topological polar surface area (TPSA) is 52.6 Å². The first kappa shape index (κ1) is 17.2. The van der Waals surface area contributed by atoms with Gasteiger partial charge in [0.25, 0.3) is 0 Å². The first-order chi connectivity index (χ1) is 8.02. The minimum Gasteiger partial charge on any atom is -1.00 e. The van der Waals surface area contributed by atoms with Crippen molar-refractivity contribution in [1.29, 1.82) is 0 Å². The number of carbonyl (C=O) groups excluding carboxylic acids is 2. The van der Waals surface area contributed by atoms with E-state index in [0.29, 0.717) is 5.02 Å². The van der Waals surface area contributed by atoms with E-state index in [4.69, 9.17) is 27.9 Å². The third-order valence-electron chi connectivity index (χ3n) is 1.62. The van der Waals surface area contributed by atoms with E-state index in [1.54, 1.807) is 6.07 Å². The van der Waals surface area contributed by atoms with Gasteiger partial charge in [-0.15, -0.1) is 0 Å². The van der Waals surface area contributed by atoms with Crippen LogP contribution in [-0.4, -0.2) is 41.6 Å². The van der Waals surface area contributed by atoms with Gasteiger partial charge in [-0.25, -0.2) is 9.59 Å². The molecule has 0 aliphatic carbocycles. The Balaban J connectivity index is -0.000000963. The van der Waals surface area contributed by atoms with Gasteiger partial charge in [0.1, 0.15) is 5.75 Å². The third kappa shape index (κ3) is 5.73. The Kier molecular flexibility index (Phi) is 8.02. The smallest absolute Gasteiger partial charge is 1.00 e. The zero-order chi connectivity index (χ0) is 12.8. The molecule has 0 aliphatic heterocycles. The molecule has 0 unspecified atom stereocenters. The summed E-state index contributed by atoms with van der Waals surface area (Å²) < 4.78 is 9.34. The van der Waals surface area contributed by atoms with Crippen LogP contribution in [0.5, 0.6) is 5.75 Å². The Hall–Kier alpha value is -0.754. The zero-order valence-corrected chi connectivity index (χ0v) is 12.2. The average Bonchev–Trinajstić information content (AvgIpc) is 2.27. The van der Waals surface area contributed by atoms with Crippen molar-refractivity contribution in [2.75, 3.05) is 6.61 Å². The molecule has 4 nitrogen and oxygen atoms in total. The molecule has 0 heterocycles. The van der Waals surface area contributed by atoms with Crippen LogP contribution >= 0.6 is 23.2 Å². The number of esters is 2. The van der Waals surface area contributed by atoms with Crippen molar-refractivity contribution >= 4 is 58.2 Å². The standard InChI is InChI=1S/C11H8Cl2O4.Mg.2H/c1-2-10(14)17-11(15)6-16-9-4-3-7(12)5-8(9)13;;;/h2-5H,1,6H2;;;/q;+2;2*-1. The maximum atomic E-state index is 11.1. The van der Waals surface area contributed by atoms with Gasteiger partial charge in [-0.05, 0) is 18.2 Å². The Morgan fingerprint density at radius 3 is 2.61 bits per heavy atom. The van der Waals surface area contributed by atoms with Gasteiger partial charge in [-0.3, -0.25) is 0 Å². The summed E-state index contributed by atoms with van der Waals surface area (Å²) in [6, 6.07) is 4.54. The summed E-state index contributed by atoms with van der Waals surface area (Å²) in [6.07, 6.45) is 0.882. The molecule has 1 rings (SSSR count). The molecule has 0 fully saturated rings. The molecule has 7 heteroatoms. The van der Waals surface area contributed by atoms with Crippen molar-refractivity contribution in [3.05, 3.63) is 40.9 Å². The average molecular weight is 301 g/mol. The zero-order valence-electron chi connectivity index (χ0n) is 11.3. The van der Waals surface area contributed by atoms with E-state index in [9.17, 15) is 9.59 Å². The maximum Gasteiger partial charge on any atom is 2.00 e. The number of halogens is 2. The Bertz CT molecular complexity index is 472. The molecule has 0 aromatic heterocycles. The van der Waals surface area contributed by atoms with Crippen LogP contribution in [0.1, 0.15) is 2.85 Å². The van der Waals surface area contributed by atoms with Gasteiger partial charge in [-0.1, -0.05) is 29.8 Å². The molecule has 0 aliphatic rings. The van der Waals surface area contributed by atoms with Crippen LogP contribution in [0.4, 0.5) is 0 Å². The van der Waals surface area contributed by atoms with E-state index in [1.807, 2.05) is 0 Å². The van der Waals surface area contributed by atoms with Crippen molar-refractivity contribution < 1.29 is 21.9 Å². The second-order valence-corrected chi connectivity index (χ2v) is 3.70. The van der Waals surface area contributed by atoms with Gasteiger partial charge >= 0.3 is 35.0 Å². The molecule has 1 aromatic carbocycles. The molecule has 0 atom stereocenters. The van der Waals surface area contributed by atoms with Gasteiger partial charge in [0.05, 0.1) is 5.02 Å². The van der Waals surface area contributed by atoms with Gasteiger partial charge in [0.2, 0.25) is 0 Å². The van der Waals surface area contributed by atoms with E-state index >= 15 is 0 Å². The molecule has 0 spiro atoms. The van der Waals surface area contributed by atoms with Crippen molar-refractivity contribution in [2.45, 2.75) is 0 Å². The molecule has 0 N–H and O–H groups in total. The largest absolute Gasteiger partial charge is 2.00 e. The van der Waals surface area contributed by atoms with Crippen LogP contribution in [0.15, 0.2) is 30.9 Å². The summed E-state index contributed by atoms with van der Waals surface area (Å²) in [5.74, 6) is -1.39. The maximum absolute atomic E-state index is 11.1. The minimum atomic E-state index is -0.833. The molecule has 0 saturated heterocycles. The summed E-state index contributed by atoms with van der Waals surface area (Å²) in [5.41, 5.74) is 0. The normalized spacial score (nSPS) is 9.00. The predicted molar refractivity (Wildman–Crippen MR) is 71.2 cm³/mol. The second-order valence-electron chi connectivity index (χ2n) is 2.86. The number of hydrogen-bond acceptors (Lipinski definition) is 4. The predicted octanol–water partition coefficient (Wildman–Crippen LogP) is 2.47. The Labute approximate surface area is 133 Å². The number of ether oxygens (including phenoxy) is 2. The minimum absolute atomic E-state index is 0. The first-order valence-electron chi connectivity index (χ1n) is 4.48. The Morgan fingerprint density at radius 2 is 2.06 bits per heavy atom. The van der Waals surface area contributed by atoms with Gasteiger partial charge in [0, 0.05) is 11.1 Å². The molecule has 0 saturated carbocycles. The fraction of sp³-hybridized carbons (Fsp3) is 0.0909. The van der Waals surface area contributed by atoms with Crippen molar-refractivity contribution in [2.24, 2.45) is 0 Å². The van der Waals surface area contributed by atoms with Crippen molar-refractivity contribution in [3.63, 3.8) is 0 Å². The fourth-order valence-electron chi connectivity index (χ4n) is 0.912.